The molecule has 0 saturated carbocycles. The van der Waals surface area contributed by atoms with E-state index in [2.05, 4.69) is 21.2 Å². The van der Waals surface area contributed by atoms with Crippen LogP contribution in [0.15, 0.2) is 56.4 Å². The van der Waals surface area contributed by atoms with Crippen molar-refractivity contribution in [2.24, 2.45) is 0 Å². The number of hydrogen-bond acceptors (Lipinski definition) is 3. The summed E-state index contributed by atoms with van der Waals surface area (Å²) in [5.74, 6) is 1.47. The first kappa shape index (κ1) is 17.6. The van der Waals surface area contributed by atoms with Crippen molar-refractivity contribution >= 4 is 33.6 Å². The molecule has 4 nitrogen and oxygen atoms in total. The minimum Gasteiger partial charge on any atom is -0.463 e. The van der Waals surface area contributed by atoms with E-state index in [-0.39, 0.29) is 11.9 Å². The van der Waals surface area contributed by atoms with Gasteiger partial charge in [-0.25, -0.2) is 0 Å². The third kappa shape index (κ3) is 4.88. The highest BCUT2D eigenvalue weighted by Crippen LogP contribution is 2.20. The highest BCUT2D eigenvalue weighted by atomic mass is 79.9. The SMILES string of the molecule is O=C(CSc1ccc(Br)cc1)NC[C@@H](c1ccco1)[NH+]1CCCC1. The maximum atomic E-state index is 12.2. The van der Waals surface area contributed by atoms with Crippen molar-refractivity contribution in [1.82, 2.24) is 5.32 Å². The molecule has 6 heteroatoms. The van der Waals surface area contributed by atoms with E-state index >= 15 is 0 Å². The Hall–Kier alpha value is -1.24. The standard InChI is InChI=1S/C18H21BrN2O2S/c19-14-5-7-15(8-6-14)24-13-18(22)20-12-16(17-4-3-11-23-17)21-9-1-2-10-21/h3-8,11,16H,1-2,9-10,12-13H2,(H,20,22)/p+1/t16-/m0/s1. The summed E-state index contributed by atoms with van der Waals surface area (Å²) in [5, 5.41) is 3.08. The molecule has 0 aliphatic carbocycles. The molecule has 1 saturated heterocycles. The summed E-state index contributed by atoms with van der Waals surface area (Å²) >= 11 is 4.97. The Labute approximate surface area is 155 Å². The van der Waals surface area contributed by atoms with Crippen molar-refractivity contribution in [3.63, 3.8) is 0 Å². The minimum atomic E-state index is 0.0677. The number of nitrogens with one attached hydrogen (secondary N) is 2. The van der Waals surface area contributed by atoms with Gasteiger partial charge in [0.15, 0.2) is 11.8 Å². The number of halogens is 1. The highest BCUT2D eigenvalue weighted by molar-refractivity contribution is 9.10. The van der Waals surface area contributed by atoms with Gasteiger partial charge in [0.05, 0.1) is 31.7 Å². The van der Waals surface area contributed by atoms with Crippen LogP contribution in [0.1, 0.15) is 24.6 Å². The van der Waals surface area contributed by atoms with Crippen molar-refractivity contribution in [3.8, 4) is 0 Å². The van der Waals surface area contributed by atoms with Gasteiger partial charge in [-0.2, -0.15) is 0 Å². The molecule has 0 spiro atoms. The Morgan fingerprint density at radius 3 is 2.67 bits per heavy atom. The second-order valence-corrected chi connectivity index (χ2v) is 7.94. The van der Waals surface area contributed by atoms with E-state index in [0.717, 1.165) is 28.2 Å². The Kier molecular flexibility index (Phi) is 6.40. The van der Waals surface area contributed by atoms with Crippen LogP contribution in [0.3, 0.4) is 0 Å². The van der Waals surface area contributed by atoms with Crippen LogP contribution in [0.4, 0.5) is 0 Å². The van der Waals surface area contributed by atoms with Gasteiger partial charge in [0, 0.05) is 22.2 Å². The van der Waals surface area contributed by atoms with Crippen molar-refractivity contribution in [1.29, 1.82) is 0 Å². The van der Waals surface area contributed by atoms with Gasteiger partial charge in [-0.15, -0.1) is 11.8 Å². The molecule has 1 amide bonds. The molecule has 1 atom stereocenters. The molecule has 3 rings (SSSR count). The molecule has 0 radical (unpaired) electrons. The number of likely N-dealkylation sites (tertiary alicyclic amines) is 1. The van der Waals surface area contributed by atoms with E-state index in [1.807, 2.05) is 36.4 Å². The number of hydrogen-bond donors (Lipinski definition) is 2. The fourth-order valence-corrected chi connectivity index (χ4v) is 4.05. The summed E-state index contributed by atoms with van der Waals surface area (Å²) in [6.45, 7) is 2.92. The number of rotatable bonds is 7. The van der Waals surface area contributed by atoms with E-state index in [0.29, 0.717) is 12.3 Å². The van der Waals surface area contributed by atoms with Gasteiger partial charge < -0.3 is 14.6 Å². The maximum absolute atomic E-state index is 12.2. The zero-order valence-corrected chi connectivity index (χ0v) is 15.9. The number of amides is 1. The number of carbonyl (C=O) groups is 1. The summed E-state index contributed by atoms with van der Waals surface area (Å²) in [7, 11) is 0. The van der Waals surface area contributed by atoms with Crippen LogP contribution in [0.25, 0.3) is 0 Å². The zero-order valence-electron chi connectivity index (χ0n) is 13.5. The van der Waals surface area contributed by atoms with E-state index in [4.69, 9.17) is 4.42 Å². The minimum absolute atomic E-state index is 0.0677. The van der Waals surface area contributed by atoms with Gasteiger partial charge in [0.25, 0.3) is 0 Å². The topological polar surface area (TPSA) is 46.7 Å². The smallest absolute Gasteiger partial charge is 0.230 e. The summed E-state index contributed by atoms with van der Waals surface area (Å²) in [6.07, 6.45) is 4.21. The molecule has 1 aromatic heterocycles. The van der Waals surface area contributed by atoms with Crippen LogP contribution in [0.2, 0.25) is 0 Å². The van der Waals surface area contributed by atoms with Gasteiger partial charge in [0.2, 0.25) is 5.91 Å². The lowest BCUT2D eigenvalue weighted by atomic mass is 10.2. The van der Waals surface area contributed by atoms with Gasteiger partial charge in [-0.05, 0) is 36.4 Å². The quantitative estimate of drug-likeness (QED) is 0.690. The van der Waals surface area contributed by atoms with Crippen molar-refractivity contribution in [3.05, 3.63) is 52.9 Å². The van der Waals surface area contributed by atoms with E-state index < -0.39 is 0 Å². The van der Waals surface area contributed by atoms with Crippen molar-refractivity contribution in [2.75, 3.05) is 25.4 Å². The number of thioether (sulfide) groups is 1. The molecule has 1 aromatic carbocycles. The first-order valence-electron chi connectivity index (χ1n) is 8.25. The molecule has 2 N–H and O–H groups in total. The van der Waals surface area contributed by atoms with Crippen LogP contribution in [-0.2, 0) is 4.79 Å². The first-order chi connectivity index (χ1) is 11.7. The molecule has 1 aliphatic heterocycles. The fourth-order valence-electron chi connectivity index (χ4n) is 3.06. The third-order valence-corrected chi connectivity index (χ3v) is 5.85. The molecule has 128 valence electrons. The fraction of sp³-hybridized carbons (Fsp3) is 0.389. The van der Waals surface area contributed by atoms with E-state index in [9.17, 15) is 4.79 Å². The lowest BCUT2D eigenvalue weighted by Gasteiger charge is -2.23. The number of benzene rings is 1. The van der Waals surface area contributed by atoms with Gasteiger partial charge in [-0.1, -0.05) is 15.9 Å². The molecule has 2 aromatic rings. The Morgan fingerprint density at radius 2 is 2.00 bits per heavy atom. The summed E-state index contributed by atoms with van der Waals surface area (Å²) in [5.41, 5.74) is 0. The first-order valence-corrected chi connectivity index (χ1v) is 10.0. The molecular weight excluding hydrogens is 388 g/mol. The van der Waals surface area contributed by atoms with Crippen LogP contribution >= 0.6 is 27.7 Å². The van der Waals surface area contributed by atoms with Crippen LogP contribution < -0.4 is 10.2 Å². The zero-order chi connectivity index (χ0) is 16.8. The molecule has 0 bridgehead atoms. The average molecular weight is 410 g/mol. The average Bonchev–Trinajstić information content (AvgIpc) is 3.29. The molecular formula is C18H22BrN2O2S+. The van der Waals surface area contributed by atoms with Gasteiger partial charge in [0.1, 0.15) is 0 Å². The number of quaternary nitrogens is 1. The Morgan fingerprint density at radius 1 is 1.25 bits per heavy atom. The highest BCUT2D eigenvalue weighted by Gasteiger charge is 2.29. The lowest BCUT2D eigenvalue weighted by molar-refractivity contribution is -0.919. The number of carbonyl (C=O) groups excluding carboxylic acids is 1. The molecule has 1 fully saturated rings. The lowest BCUT2D eigenvalue weighted by Crippen LogP contribution is -3.11. The van der Waals surface area contributed by atoms with Crippen LogP contribution in [0, 0.1) is 0 Å². The third-order valence-electron chi connectivity index (χ3n) is 4.31. The monoisotopic (exact) mass is 409 g/mol. The van der Waals surface area contributed by atoms with E-state index in [1.165, 1.54) is 17.7 Å². The predicted molar refractivity (Wildman–Crippen MR) is 99.3 cm³/mol. The summed E-state index contributed by atoms with van der Waals surface area (Å²) in [4.78, 5) is 14.8. The molecule has 1 aliphatic rings. The van der Waals surface area contributed by atoms with Crippen LogP contribution in [-0.4, -0.2) is 31.3 Å². The Balaban J connectivity index is 1.50. The van der Waals surface area contributed by atoms with Gasteiger partial charge in [-0.3, -0.25) is 4.79 Å². The van der Waals surface area contributed by atoms with Crippen LogP contribution in [0.5, 0.6) is 0 Å². The molecule has 24 heavy (non-hydrogen) atoms. The van der Waals surface area contributed by atoms with E-state index in [1.54, 1.807) is 18.0 Å². The van der Waals surface area contributed by atoms with Crippen molar-refractivity contribution < 1.29 is 14.1 Å². The Bertz CT molecular complexity index is 640. The predicted octanol–water partition coefficient (Wildman–Crippen LogP) is 2.67. The van der Waals surface area contributed by atoms with Gasteiger partial charge >= 0.3 is 0 Å². The number of furan rings is 1. The second-order valence-electron chi connectivity index (χ2n) is 5.98. The largest absolute Gasteiger partial charge is 0.463 e. The maximum Gasteiger partial charge on any atom is 0.230 e. The van der Waals surface area contributed by atoms with Crippen molar-refractivity contribution in [2.45, 2.75) is 23.8 Å². The normalized spacial score (nSPS) is 16.2. The molecule has 0 unspecified atom stereocenters. The molecule has 2 heterocycles. The summed E-state index contributed by atoms with van der Waals surface area (Å²) < 4.78 is 6.65. The second kappa shape index (κ2) is 8.74. The summed E-state index contributed by atoms with van der Waals surface area (Å²) in [6, 6.07) is 12.2.